The first kappa shape index (κ1) is 12.1. The molecule has 1 aliphatic rings. The van der Waals surface area contributed by atoms with Gasteiger partial charge in [0.1, 0.15) is 0 Å². The molecule has 13 heavy (non-hydrogen) atoms. The lowest BCUT2D eigenvalue weighted by Gasteiger charge is -2.17. The predicted molar refractivity (Wildman–Crippen MR) is 28.4 cm³/mol. The Labute approximate surface area is 75.6 Å². The summed E-state index contributed by atoms with van der Waals surface area (Å²) in [6.07, 6.45) is 0. The molecule has 0 saturated carbocycles. The Balaban J connectivity index is 0.000000252. The minimum atomic E-state index is -4.94. The summed E-state index contributed by atoms with van der Waals surface area (Å²) in [5, 5.41) is 2.45. The Morgan fingerprint density at radius 2 is 1.85 bits per heavy atom. The van der Waals surface area contributed by atoms with Crippen LogP contribution in [-0.4, -0.2) is 30.0 Å². The van der Waals surface area contributed by atoms with Gasteiger partial charge in [0.15, 0.2) is 6.54 Å². The Morgan fingerprint density at radius 3 is 1.92 bits per heavy atom. The third-order valence-corrected chi connectivity index (χ3v) is 1.06. The number of hydrogen-bond donors (Lipinski definition) is 2. The van der Waals surface area contributed by atoms with Crippen molar-refractivity contribution < 1.29 is 38.2 Å². The van der Waals surface area contributed by atoms with Gasteiger partial charge in [-0.25, -0.2) is 24.0 Å². The second-order valence-electron chi connectivity index (χ2n) is 2.17. The molecule has 76 valence electrons. The number of nitrogens with zero attached hydrogens (tertiary/aromatic N) is 1. The Morgan fingerprint density at radius 1 is 1.46 bits per heavy atom. The lowest BCUT2D eigenvalue weighted by molar-refractivity contribution is -2.00. The standard InChI is InChI=1S/C4H7N3O.ClHO4/c1-7-2-3(8)6-4(7)5;2-1(3,4)5/h2H2,1H3,(H2,5,6,8);(H,2,3,4,5). The average molecular weight is 214 g/mol. The van der Waals surface area contributed by atoms with Crippen LogP contribution in [0.2, 0.25) is 0 Å². The predicted octanol–water partition coefficient (Wildman–Crippen LogP) is -6.68. The molecule has 0 saturated heterocycles. The number of carbonyl (C=O) groups is 1. The second-order valence-corrected chi connectivity index (χ2v) is 2.92. The molecule has 1 heterocycles. The van der Waals surface area contributed by atoms with Crippen molar-refractivity contribution in [2.45, 2.75) is 0 Å². The molecule has 0 unspecified atom stereocenters. The van der Waals surface area contributed by atoms with E-state index < -0.39 is 10.2 Å². The number of halogens is 1. The van der Waals surface area contributed by atoms with E-state index in [1.807, 2.05) is 0 Å². The largest absolute Gasteiger partial charge is 0.351 e. The highest BCUT2D eigenvalue weighted by Gasteiger charge is 2.20. The number of rotatable bonds is 0. The number of likely N-dealkylation sites (N-methyl/N-ethyl adjacent to an activating group) is 1. The molecule has 3 N–H and O–H groups in total. The van der Waals surface area contributed by atoms with Gasteiger partial charge in [0.25, 0.3) is 0 Å². The normalized spacial score (nSPS) is 16.5. The lowest BCUT2D eigenvalue weighted by Crippen LogP contribution is -2.68. The minimum absolute atomic E-state index is 0.0370. The SMILES string of the molecule is C[N+]1=C(N)NC(=O)C1.[O-][Cl+3]([O-])([O-])[O-]. The molecular formula is C4H8ClN3O5. The van der Waals surface area contributed by atoms with Crippen molar-refractivity contribution in [1.29, 1.82) is 0 Å². The van der Waals surface area contributed by atoms with E-state index >= 15 is 0 Å². The maximum absolute atomic E-state index is 10.4. The fourth-order valence-corrected chi connectivity index (χ4v) is 0.578. The van der Waals surface area contributed by atoms with Gasteiger partial charge >= 0.3 is 11.9 Å². The van der Waals surface area contributed by atoms with Crippen LogP contribution in [-0.2, 0) is 4.79 Å². The van der Waals surface area contributed by atoms with Gasteiger partial charge in [-0.3, -0.25) is 15.1 Å². The van der Waals surface area contributed by atoms with E-state index in [1.165, 1.54) is 0 Å². The van der Waals surface area contributed by atoms with Crippen LogP contribution in [0, 0.1) is 10.2 Å². The van der Waals surface area contributed by atoms with E-state index in [0.29, 0.717) is 12.5 Å². The van der Waals surface area contributed by atoms with Gasteiger partial charge in [-0.05, 0) is 0 Å². The highest BCUT2D eigenvalue weighted by Crippen LogP contribution is 1.77. The molecule has 0 fully saturated rings. The van der Waals surface area contributed by atoms with E-state index in [0.717, 1.165) is 0 Å². The van der Waals surface area contributed by atoms with E-state index in [4.69, 9.17) is 24.4 Å². The first-order valence-corrected chi connectivity index (χ1v) is 4.19. The maximum Gasteiger partial charge on any atom is 0.351 e. The summed E-state index contributed by atoms with van der Waals surface area (Å²) < 4.78 is 35.6. The monoisotopic (exact) mass is 213 g/mol. The van der Waals surface area contributed by atoms with Crippen LogP contribution in [0.25, 0.3) is 0 Å². The fraction of sp³-hybridized carbons (Fsp3) is 0.500. The molecule has 0 radical (unpaired) electrons. The van der Waals surface area contributed by atoms with Crippen molar-refractivity contribution in [2.24, 2.45) is 5.73 Å². The third kappa shape index (κ3) is 7.43. The van der Waals surface area contributed by atoms with E-state index in [-0.39, 0.29) is 5.91 Å². The Bertz CT molecular complexity index is 212. The first-order valence-electron chi connectivity index (χ1n) is 2.95. The summed E-state index contributed by atoms with van der Waals surface area (Å²) in [4.78, 5) is 10.4. The number of guanidine groups is 1. The second kappa shape index (κ2) is 4.35. The van der Waals surface area contributed by atoms with Crippen LogP contribution >= 0.6 is 0 Å². The van der Waals surface area contributed by atoms with E-state index in [2.05, 4.69) is 5.32 Å². The van der Waals surface area contributed by atoms with Crippen molar-refractivity contribution >= 4 is 11.9 Å². The molecule has 8 nitrogen and oxygen atoms in total. The minimum Gasteiger partial charge on any atom is -0.290 e. The molecular weight excluding hydrogens is 206 g/mol. The van der Waals surface area contributed by atoms with Crippen molar-refractivity contribution in [3.05, 3.63) is 0 Å². The van der Waals surface area contributed by atoms with Gasteiger partial charge in [-0.15, -0.1) is 10.2 Å². The number of carbonyl (C=O) groups excluding carboxylic acids is 1. The summed E-state index contributed by atoms with van der Waals surface area (Å²) in [5.41, 5.74) is 5.28. The van der Waals surface area contributed by atoms with Crippen LogP contribution < -0.4 is 29.7 Å². The van der Waals surface area contributed by atoms with Gasteiger partial charge in [0.2, 0.25) is 0 Å². The van der Waals surface area contributed by atoms with Crippen LogP contribution in [0.3, 0.4) is 0 Å². The summed E-state index contributed by atoms with van der Waals surface area (Å²) >= 11 is 0. The molecule has 1 amide bonds. The summed E-state index contributed by atoms with van der Waals surface area (Å²) in [6.45, 7) is 0.381. The molecule has 0 spiro atoms. The molecule has 0 atom stereocenters. The number of hydrogen-bond acceptors (Lipinski definition) is 6. The number of amides is 1. The van der Waals surface area contributed by atoms with Gasteiger partial charge in [-0.1, -0.05) is 0 Å². The molecule has 1 aliphatic heterocycles. The van der Waals surface area contributed by atoms with Crippen molar-refractivity contribution in [3.8, 4) is 0 Å². The zero-order valence-electron chi connectivity index (χ0n) is 6.65. The molecule has 1 rings (SSSR count). The Hall–Kier alpha value is -0.930. The quantitative estimate of drug-likeness (QED) is 0.382. The van der Waals surface area contributed by atoms with Gasteiger partial charge in [0, 0.05) is 0 Å². The highest BCUT2D eigenvalue weighted by atomic mass is 35.7. The zero-order chi connectivity index (χ0) is 10.6. The first-order chi connectivity index (χ1) is 5.70. The van der Waals surface area contributed by atoms with Crippen molar-refractivity contribution in [1.82, 2.24) is 5.32 Å². The molecule has 0 aromatic heterocycles. The van der Waals surface area contributed by atoms with E-state index in [1.54, 1.807) is 11.6 Å². The zero-order valence-corrected chi connectivity index (χ0v) is 7.41. The fourth-order valence-electron chi connectivity index (χ4n) is 0.578. The smallest absolute Gasteiger partial charge is 0.290 e. The molecule has 0 aromatic rings. The topological polar surface area (TPSA) is 150 Å². The van der Waals surface area contributed by atoms with Gasteiger partial charge in [-0.2, -0.15) is 0 Å². The van der Waals surface area contributed by atoms with Crippen LogP contribution in [0.15, 0.2) is 0 Å². The van der Waals surface area contributed by atoms with Crippen LogP contribution in [0.1, 0.15) is 0 Å². The highest BCUT2D eigenvalue weighted by molar-refractivity contribution is 5.97. The van der Waals surface area contributed by atoms with E-state index in [9.17, 15) is 4.79 Å². The summed E-state index contributed by atoms with van der Waals surface area (Å²) in [6, 6.07) is 0. The molecule has 0 bridgehead atoms. The number of nitrogens with two attached hydrogens (primary N) is 1. The summed E-state index contributed by atoms with van der Waals surface area (Å²) in [5.74, 6) is 0.403. The van der Waals surface area contributed by atoms with Gasteiger partial charge in [0.05, 0.1) is 7.05 Å². The van der Waals surface area contributed by atoms with Crippen LogP contribution in [0.5, 0.6) is 0 Å². The summed E-state index contributed by atoms with van der Waals surface area (Å²) in [7, 11) is -3.19. The lowest BCUT2D eigenvalue weighted by atomic mass is 10.6. The van der Waals surface area contributed by atoms with Crippen molar-refractivity contribution in [2.75, 3.05) is 13.6 Å². The number of nitrogens with one attached hydrogen (secondary N) is 1. The maximum atomic E-state index is 10.4. The molecule has 9 heteroatoms. The average Bonchev–Trinajstić information content (AvgIpc) is 2.05. The third-order valence-electron chi connectivity index (χ3n) is 1.06. The molecule has 0 aliphatic carbocycles. The Kier molecular flexibility index (Phi) is 4.04. The van der Waals surface area contributed by atoms with Gasteiger partial charge < -0.3 is 0 Å². The van der Waals surface area contributed by atoms with Crippen LogP contribution in [0.4, 0.5) is 0 Å². The molecule has 0 aromatic carbocycles. The van der Waals surface area contributed by atoms with Crippen molar-refractivity contribution in [3.63, 3.8) is 0 Å².